The second-order valence-corrected chi connectivity index (χ2v) is 5.35. The number of carbonyl (C=O) groups excluding carboxylic acids is 1. The van der Waals surface area contributed by atoms with Crippen molar-refractivity contribution < 1.29 is 19.0 Å². The number of benzene rings is 2. The minimum atomic E-state index is -0.577. The largest absolute Gasteiger partial charge is 0.455 e. The van der Waals surface area contributed by atoms with Crippen LogP contribution in [0.1, 0.15) is 6.42 Å². The normalized spacial score (nSPS) is 17.1. The molecule has 0 aromatic heterocycles. The van der Waals surface area contributed by atoms with Gasteiger partial charge in [-0.05, 0) is 30.7 Å². The molecular weight excluding hydrogens is 299 g/mol. The molecule has 0 spiro atoms. The zero-order valence-corrected chi connectivity index (χ0v) is 12.4. The Morgan fingerprint density at radius 2 is 2.00 bits per heavy atom. The Kier molecular flexibility index (Phi) is 4.43. The van der Waals surface area contributed by atoms with Crippen LogP contribution >= 0.6 is 0 Å². The first kappa shape index (κ1) is 15.3. The van der Waals surface area contributed by atoms with Crippen LogP contribution in [0.3, 0.4) is 0 Å². The number of para-hydroxylation sites is 2. The summed E-state index contributed by atoms with van der Waals surface area (Å²) in [6, 6.07) is 12.8. The molecule has 6 heteroatoms. The number of β-amino-alcohol motifs (C(OH)–C–C–N with tert-alkyl or cyclic N) is 1. The van der Waals surface area contributed by atoms with E-state index in [0.29, 0.717) is 18.7 Å². The molecule has 120 valence electrons. The molecule has 0 aliphatic carbocycles. The maximum absolute atomic E-state index is 14.1. The number of likely N-dealkylation sites (tertiary alicyclic amines) is 1. The van der Waals surface area contributed by atoms with E-state index in [1.54, 1.807) is 30.3 Å². The second kappa shape index (κ2) is 6.66. The summed E-state index contributed by atoms with van der Waals surface area (Å²) in [4.78, 5) is 13.6. The smallest absolute Gasteiger partial charge is 0.322 e. The van der Waals surface area contributed by atoms with Crippen molar-refractivity contribution in [2.45, 2.75) is 12.5 Å². The van der Waals surface area contributed by atoms with E-state index in [4.69, 9.17) is 4.74 Å². The summed E-state index contributed by atoms with van der Waals surface area (Å²) in [5.41, 5.74) is -0.0113. The monoisotopic (exact) mass is 316 g/mol. The molecule has 1 atom stereocenters. The lowest BCUT2D eigenvalue weighted by molar-refractivity contribution is 0.176. The predicted octanol–water partition coefficient (Wildman–Crippen LogP) is 3.22. The lowest BCUT2D eigenvalue weighted by atomic mass is 10.2. The molecule has 0 bridgehead atoms. The van der Waals surface area contributed by atoms with E-state index >= 15 is 0 Å². The number of anilines is 1. The highest BCUT2D eigenvalue weighted by Gasteiger charge is 2.26. The average molecular weight is 316 g/mol. The van der Waals surface area contributed by atoms with Crippen LogP contribution in [0.2, 0.25) is 0 Å². The third-order valence-corrected chi connectivity index (χ3v) is 3.63. The van der Waals surface area contributed by atoms with Gasteiger partial charge in [0.15, 0.2) is 11.6 Å². The first-order valence-electron chi connectivity index (χ1n) is 7.39. The molecule has 1 aliphatic rings. The molecule has 1 saturated heterocycles. The minimum absolute atomic E-state index is 0.0113. The number of amides is 2. The number of nitrogens with one attached hydrogen (secondary N) is 1. The van der Waals surface area contributed by atoms with Crippen molar-refractivity contribution in [3.63, 3.8) is 0 Å². The minimum Gasteiger partial charge on any atom is -0.455 e. The van der Waals surface area contributed by atoms with E-state index in [0.717, 1.165) is 0 Å². The van der Waals surface area contributed by atoms with Gasteiger partial charge in [0.1, 0.15) is 11.4 Å². The highest BCUT2D eigenvalue weighted by molar-refractivity contribution is 5.91. The lowest BCUT2D eigenvalue weighted by Gasteiger charge is -2.18. The van der Waals surface area contributed by atoms with Crippen molar-refractivity contribution in [2.75, 3.05) is 18.4 Å². The summed E-state index contributed by atoms with van der Waals surface area (Å²) in [5, 5.41) is 12.0. The molecular formula is C17H17FN2O3. The van der Waals surface area contributed by atoms with Gasteiger partial charge < -0.3 is 20.1 Å². The van der Waals surface area contributed by atoms with Gasteiger partial charge in [0.2, 0.25) is 0 Å². The zero-order valence-electron chi connectivity index (χ0n) is 12.4. The van der Waals surface area contributed by atoms with Crippen molar-refractivity contribution >= 4 is 11.7 Å². The average Bonchev–Trinajstić information content (AvgIpc) is 2.98. The van der Waals surface area contributed by atoms with Crippen LogP contribution in [0.4, 0.5) is 14.9 Å². The van der Waals surface area contributed by atoms with Gasteiger partial charge in [0.25, 0.3) is 0 Å². The van der Waals surface area contributed by atoms with E-state index in [1.807, 2.05) is 6.07 Å². The maximum atomic E-state index is 14.1. The molecule has 2 aromatic rings. The lowest BCUT2D eigenvalue weighted by Crippen LogP contribution is -2.34. The van der Waals surface area contributed by atoms with Crippen LogP contribution in [0.5, 0.6) is 11.5 Å². The predicted molar refractivity (Wildman–Crippen MR) is 84.1 cm³/mol. The third-order valence-electron chi connectivity index (χ3n) is 3.63. The van der Waals surface area contributed by atoms with Crippen LogP contribution in [-0.2, 0) is 0 Å². The van der Waals surface area contributed by atoms with Gasteiger partial charge in [-0.3, -0.25) is 0 Å². The Labute approximate surface area is 133 Å². The molecule has 1 aliphatic heterocycles. The topological polar surface area (TPSA) is 61.8 Å². The second-order valence-electron chi connectivity index (χ2n) is 5.35. The van der Waals surface area contributed by atoms with Gasteiger partial charge in [0, 0.05) is 13.1 Å². The van der Waals surface area contributed by atoms with Gasteiger partial charge in [-0.2, -0.15) is 0 Å². The van der Waals surface area contributed by atoms with Crippen molar-refractivity contribution in [2.24, 2.45) is 0 Å². The highest BCUT2D eigenvalue weighted by Crippen LogP contribution is 2.32. The quantitative estimate of drug-likeness (QED) is 0.914. The van der Waals surface area contributed by atoms with Crippen LogP contribution < -0.4 is 10.1 Å². The van der Waals surface area contributed by atoms with E-state index in [9.17, 15) is 14.3 Å². The number of aliphatic hydroxyl groups excluding tert-OH is 1. The zero-order chi connectivity index (χ0) is 16.2. The first-order valence-corrected chi connectivity index (χ1v) is 7.39. The van der Waals surface area contributed by atoms with E-state index < -0.39 is 18.0 Å². The number of ether oxygens (including phenoxy) is 1. The summed E-state index contributed by atoms with van der Waals surface area (Å²) in [7, 11) is 0. The van der Waals surface area contributed by atoms with Crippen LogP contribution in [0.25, 0.3) is 0 Å². The summed E-state index contributed by atoms with van der Waals surface area (Å²) >= 11 is 0. The summed E-state index contributed by atoms with van der Waals surface area (Å²) in [5.74, 6) is 0.195. The van der Waals surface area contributed by atoms with Gasteiger partial charge >= 0.3 is 6.03 Å². The molecule has 2 aromatic carbocycles. The van der Waals surface area contributed by atoms with Crippen LogP contribution in [0.15, 0.2) is 48.5 Å². The fourth-order valence-corrected chi connectivity index (χ4v) is 2.44. The summed E-state index contributed by atoms with van der Waals surface area (Å²) in [6.45, 7) is 0.686. The van der Waals surface area contributed by atoms with E-state index in [-0.39, 0.29) is 18.0 Å². The SMILES string of the molecule is O=C(Nc1c(F)cccc1Oc1ccccc1)N1CC[C@@H](O)C1. The molecule has 3 rings (SSSR count). The molecule has 23 heavy (non-hydrogen) atoms. The fourth-order valence-electron chi connectivity index (χ4n) is 2.44. The van der Waals surface area contributed by atoms with Gasteiger partial charge in [-0.15, -0.1) is 0 Å². The van der Waals surface area contributed by atoms with Crippen LogP contribution in [-0.4, -0.2) is 35.2 Å². The molecule has 5 nitrogen and oxygen atoms in total. The van der Waals surface area contributed by atoms with E-state index in [2.05, 4.69) is 5.32 Å². The summed E-state index contributed by atoms with van der Waals surface area (Å²) < 4.78 is 19.8. The van der Waals surface area contributed by atoms with Gasteiger partial charge in [-0.1, -0.05) is 24.3 Å². The summed E-state index contributed by atoms with van der Waals surface area (Å²) in [6.07, 6.45) is -0.000615. The molecule has 1 heterocycles. The molecule has 1 fully saturated rings. The van der Waals surface area contributed by atoms with Crippen molar-refractivity contribution in [3.8, 4) is 11.5 Å². The number of nitrogens with zero attached hydrogens (tertiary/aromatic N) is 1. The number of carbonyl (C=O) groups is 1. The number of rotatable bonds is 3. The van der Waals surface area contributed by atoms with Crippen molar-refractivity contribution in [1.29, 1.82) is 0 Å². The fraction of sp³-hybridized carbons (Fsp3) is 0.235. The third kappa shape index (κ3) is 3.60. The standard InChI is InChI=1S/C17H17FN2O3/c18-14-7-4-8-15(23-13-5-2-1-3-6-13)16(14)19-17(22)20-10-9-12(21)11-20/h1-8,12,21H,9-11H2,(H,19,22)/t12-/m1/s1. The van der Waals surface area contributed by atoms with Crippen LogP contribution in [0, 0.1) is 5.82 Å². The Balaban J connectivity index is 1.79. The Bertz CT molecular complexity index is 693. The molecule has 2 N–H and O–H groups in total. The molecule has 0 radical (unpaired) electrons. The molecule has 2 amide bonds. The van der Waals surface area contributed by atoms with E-state index in [1.165, 1.54) is 17.0 Å². The van der Waals surface area contributed by atoms with Gasteiger partial charge in [0.05, 0.1) is 6.10 Å². The molecule has 0 unspecified atom stereocenters. The van der Waals surface area contributed by atoms with Gasteiger partial charge in [-0.25, -0.2) is 9.18 Å². The Morgan fingerprint density at radius 3 is 2.70 bits per heavy atom. The number of halogens is 1. The van der Waals surface area contributed by atoms with Crippen molar-refractivity contribution in [3.05, 3.63) is 54.3 Å². The molecule has 0 saturated carbocycles. The Morgan fingerprint density at radius 1 is 1.22 bits per heavy atom. The number of urea groups is 1. The Hall–Kier alpha value is -2.60. The first-order chi connectivity index (χ1) is 11.1. The highest BCUT2D eigenvalue weighted by atomic mass is 19.1. The number of aliphatic hydroxyl groups is 1. The number of hydrogen-bond donors (Lipinski definition) is 2. The number of hydrogen-bond acceptors (Lipinski definition) is 3. The van der Waals surface area contributed by atoms with Crippen molar-refractivity contribution in [1.82, 2.24) is 4.90 Å². The maximum Gasteiger partial charge on any atom is 0.322 e.